The third kappa shape index (κ3) is 5.55. The van der Waals surface area contributed by atoms with E-state index in [1.807, 2.05) is 0 Å². The number of nitrogens with two attached hydrogens (primary N) is 1. The van der Waals surface area contributed by atoms with E-state index in [4.69, 9.17) is 10.2 Å². The summed E-state index contributed by atoms with van der Waals surface area (Å²) in [6.07, 6.45) is 4.09. The quantitative estimate of drug-likeness (QED) is 0.661. The maximum Gasteiger partial charge on any atom is 0.246 e. The van der Waals surface area contributed by atoms with E-state index in [-0.39, 0.29) is 29.2 Å². The molecule has 0 unspecified atom stereocenters. The van der Waals surface area contributed by atoms with Crippen molar-refractivity contribution in [2.75, 3.05) is 13.1 Å². The minimum Gasteiger partial charge on any atom is -0.460 e. The van der Waals surface area contributed by atoms with Gasteiger partial charge in [-0.3, -0.25) is 9.59 Å². The fourth-order valence-corrected chi connectivity index (χ4v) is 4.09. The number of hydrogen-bond acceptors (Lipinski definition) is 5. The summed E-state index contributed by atoms with van der Waals surface area (Å²) in [6, 6.07) is 11.4. The van der Waals surface area contributed by atoms with E-state index in [1.165, 1.54) is 24.3 Å². The maximum absolute atomic E-state index is 12.3. The molecule has 9 heteroatoms. The third-order valence-corrected chi connectivity index (χ3v) is 6.19. The number of furan rings is 1. The number of nitrogens with one attached hydrogen (secondary N) is 1. The Kier molecular flexibility index (Phi) is 6.50. The van der Waals surface area contributed by atoms with Crippen LogP contribution in [0.5, 0.6) is 0 Å². The number of hydrogen-bond donors (Lipinski definition) is 2. The van der Waals surface area contributed by atoms with Gasteiger partial charge in [0.1, 0.15) is 11.5 Å². The van der Waals surface area contributed by atoms with E-state index in [0.717, 1.165) is 0 Å². The number of nitrogens with zero attached hydrogens (tertiary/aromatic N) is 1. The van der Waals surface area contributed by atoms with Gasteiger partial charge in [-0.2, -0.15) is 0 Å². The van der Waals surface area contributed by atoms with Crippen LogP contribution in [-0.2, 0) is 26.2 Å². The van der Waals surface area contributed by atoms with E-state index in [9.17, 15) is 18.0 Å². The van der Waals surface area contributed by atoms with Gasteiger partial charge in [0, 0.05) is 25.1 Å². The Labute approximate surface area is 169 Å². The Morgan fingerprint density at radius 3 is 2.48 bits per heavy atom. The summed E-state index contributed by atoms with van der Waals surface area (Å²) < 4.78 is 32.5. The number of sulfonamides is 1. The Hall–Kier alpha value is -2.91. The predicted molar refractivity (Wildman–Crippen MR) is 107 cm³/mol. The number of primary amides is 1. The van der Waals surface area contributed by atoms with Crippen LogP contribution in [0.1, 0.15) is 24.4 Å². The zero-order valence-corrected chi connectivity index (χ0v) is 16.6. The lowest BCUT2D eigenvalue weighted by Crippen LogP contribution is -2.41. The van der Waals surface area contributed by atoms with Crippen LogP contribution in [0.3, 0.4) is 0 Å². The first kappa shape index (κ1) is 20.8. The summed E-state index contributed by atoms with van der Waals surface area (Å²) >= 11 is 0. The van der Waals surface area contributed by atoms with Gasteiger partial charge >= 0.3 is 0 Å². The molecule has 0 bridgehead atoms. The normalized spacial score (nSPS) is 15.7. The van der Waals surface area contributed by atoms with E-state index in [2.05, 4.69) is 4.72 Å². The number of carbonyl (C=O) groups excluding carboxylic acids is 2. The molecule has 0 aliphatic carbocycles. The highest BCUT2D eigenvalue weighted by molar-refractivity contribution is 7.89. The fourth-order valence-electron chi connectivity index (χ4n) is 3.07. The van der Waals surface area contributed by atoms with Gasteiger partial charge in [0.2, 0.25) is 21.8 Å². The lowest BCUT2D eigenvalue weighted by Gasteiger charge is -2.29. The van der Waals surface area contributed by atoms with Crippen molar-refractivity contribution in [3.8, 4) is 0 Å². The summed E-state index contributed by atoms with van der Waals surface area (Å²) in [4.78, 5) is 25.3. The van der Waals surface area contributed by atoms with Crippen molar-refractivity contribution in [1.82, 2.24) is 9.62 Å². The van der Waals surface area contributed by atoms with Crippen molar-refractivity contribution in [3.63, 3.8) is 0 Å². The number of amides is 2. The predicted octanol–water partition coefficient (Wildman–Crippen LogP) is 1.50. The zero-order valence-electron chi connectivity index (χ0n) is 15.8. The molecule has 8 nitrogen and oxygen atoms in total. The van der Waals surface area contributed by atoms with Crippen LogP contribution in [0.15, 0.2) is 57.9 Å². The Morgan fingerprint density at radius 1 is 1.14 bits per heavy atom. The summed E-state index contributed by atoms with van der Waals surface area (Å²) in [5.74, 6) is 0.211. The van der Waals surface area contributed by atoms with Crippen LogP contribution < -0.4 is 10.5 Å². The molecule has 1 aliphatic heterocycles. The van der Waals surface area contributed by atoms with E-state index < -0.39 is 10.0 Å². The molecule has 0 atom stereocenters. The molecule has 2 aromatic rings. The largest absolute Gasteiger partial charge is 0.460 e. The van der Waals surface area contributed by atoms with Gasteiger partial charge in [-0.25, -0.2) is 13.1 Å². The molecule has 3 rings (SSSR count). The van der Waals surface area contributed by atoms with Crippen molar-refractivity contribution in [3.05, 3.63) is 60.1 Å². The highest BCUT2D eigenvalue weighted by atomic mass is 32.2. The minimum absolute atomic E-state index is 0.000352. The van der Waals surface area contributed by atoms with Crippen LogP contribution in [0.25, 0.3) is 6.08 Å². The molecule has 0 spiro atoms. The zero-order chi connectivity index (χ0) is 20.9. The lowest BCUT2D eigenvalue weighted by molar-refractivity contribution is -0.130. The van der Waals surface area contributed by atoms with Gasteiger partial charge in [0.25, 0.3) is 0 Å². The number of carbonyl (C=O) groups is 2. The SMILES string of the molecule is NC(=O)C1CCN(C(=O)/C=C/c2ccc(CNS(=O)(=O)c3ccccc3)o2)CC1. The first-order chi connectivity index (χ1) is 13.8. The van der Waals surface area contributed by atoms with Crippen molar-refractivity contribution >= 4 is 27.9 Å². The number of likely N-dealkylation sites (tertiary alicyclic amines) is 1. The number of rotatable bonds is 7. The number of benzene rings is 1. The molecule has 154 valence electrons. The molecule has 1 aromatic carbocycles. The van der Waals surface area contributed by atoms with Crippen molar-refractivity contribution in [2.24, 2.45) is 11.7 Å². The highest BCUT2D eigenvalue weighted by Gasteiger charge is 2.24. The van der Waals surface area contributed by atoms with Crippen LogP contribution in [0.2, 0.25) is 0 Å². The number of piperidine rings is 1. The average Bonchev–Trinajstić information content (AvgIpc) is 3.19. The Balaban J connectivity index is 1.52. The molecule has 1 saturated heterocycles. The van der Waals surface area contributed by atoms with Gasteiger partial charge in [0.05, 0.1) is 11.4 Å². The van der Waals surface area contributed by atoms with Gasteiger partial charge in [0.15, 0.2) is 0 Å². The molecule has 0 radical (unpaired) electrons. The standard InChI is InChI=1S/C20H23N3O5S/c21-20(25)15-10-12-23(13-11-15)19(24)9-8-16-6-7-17(28-16)14-22-29(26,27)18-4-2-1-3-5-18/h1-9,15,22H,10-14H2,(H2,21,25)/b9-8+. The minimum atomic E-state index is -3.62. The second-order valence-corrected chi connectivity index (χ2v) is 8.54. The fraction of sp³-hybridized carbons (Fsp3) is 0.300. The van der Waals surface area contributed by atoms with Crippen molar-refractivity contribution in [1.29, 1.82) is 0 Å². The molecular weight excluding hydrogens is 394 g/mol. The van der Waals surface area contributed by atoms with E-state index in [0.29, 0.717) is 37.5 Å². The molecule has 1 fully saturated rings. The van der Waals surface area contributed by atoms with Gasteiger partial charge in [-0.15, -0.1) is 0 Å². The van der Waals surface area contributed by atoms with Crippen molar-refractivity contribution < 1.29 is 22.4 Å². The molecule has 1 aliphatic rings. The maximum atomic E-state index is 12.3. The summed E-state index contributed by atoms with van der Waals surface area (Å²) in [5.41, 5.74) is 5.30. The van der Waals surface area contributed by atoms with Crippen LogP contribution in [0, 0.1) is 5.92 Å². The van der Waals surface area contributed by atoms with Crippen LogP contribution in [-0.4, -0.2) is 38.2 Å². The van der Waals surface area contributed by atoms with Gasteiger partial charge < -0.3 is 15.1 Å². The van der Waals surface area contributed by atoms with E-state index >= 15 is 0 Å². The van der Waals surface area contributed by atoms with Crippen molar-refractivity contribution in [2.45, 2.75) is 24.3 Å². The Morgan fingerprint density at radius 2 is 1.83 bits per heavy atom. The molecule has 29 heavy (non-hydrogen) atoms. The molecule has 0 saturated carbocycles. The summed E-state index contributed by atoms with van der Waals surface area (Å²) in [5, 5.41) is 0. The average molecular weight is 417 g/mol. The first-order valence-electron chi connectivity index (χ1n) is 9.25. The topological polar surface area (TPSA) is 123 Å². The second-order valence-electron chi connectivity index (χ2n) is 6.78. The van der Waals surface area contributed by atoms with Crippen LogP contribution in [0.4, 0.5) is 0 Å². The van der Waals surface area contributed by atoms with Crippen LogP contribution >= 0.6 is 0 Å². The molecule has 2 heterocycles. The molecule has 2 amide bonds. The molecule has 1 aromatic heterocycles. The molecular formula is C20H23N3O5S. The van der Waals surface area contributed by atoms with Gasteiger partial charge in [-0.1, -0.05) is 18.2 Å². The lowest BCUT2D eigenvalue weighted by atomic mass is 9.96. The second kappa shape index (κ2) is 9.06. The first-order valence-corrected chi connectivity index (χ1v) is 10.7. The smallest absolute Gasteiger partial charge is 0.246 e. The molecule has 3 N–H and O–H groups in total. The highest BCUT2D eigenvalue weighted by Crippen LogP contribution is 2.17. The summed E-state index contributed by atoms with van der Waals surface area (Å²) in [6.45, 7) is 0.975. The third-order valence-electron chi connectivity index (χ3n) is 4.77. The summed E-state index contributed by atoms with van der Waals surface area (Å²) in [7, 11) is -3.62. The monoisotopic (exact) mass is 417 g/mol. The Bertz CT molecular complexity index is 990. The van der Waals surface area contributed by atoms with Gasteiger partial charge in [-0.05, 0) is 43.2 Å². The van der Waals surface area contributed by atoms with E-state index in [1.54, 1.807) is 35.2 Å².